The number of hydrogen-bond donors (Lipinski definition) is 3. The summed E-state index contributed by atoms with van der Waals surface area (Å²) in [7, 11) is 4.58. The molecule has 8 fully saturated rings. The molecule has 4 saturated carbocycles. The normalized spacial score (nSPS) is 30.4. The summed E-state index contributed by atoms with van der Waals surface area (Å²) in [6, 6.07) is 17.6. The summed E-state index contributed by atoms with van der Waals surface area (Å²) < 4.78 is 3.55. The molecule has 0 spiro atoms. The number of oxime groups is 2. The molecule has 12 rings (SSSR count). The van der Waals surface area contributed by atoms with Gasteiger partial charge in [-0.1, -0.05) is 85.9 Å². The maximum atomic E-state index is 14.1. The minimum Gasteiger partial charge on any atom is -0.476 e. The van der Waals surface area contributed by atoms with E-state index < -0.39 is 53.6 Å². The molecule has 6 heterocycles. The van der Waals surface area contributed by atoms with Crippen LogP contribution in [0.15, 0.2) is 68.4 Å². The number of aromatic nitrogens is 4. The Hall–Kier alpha value is -6.54. The van der Waals surface area contributed by atoms with Crippen molar-refractivity contribution >= 4 is 57.2 Å². The van der Waals surface area contributed by atoms with Crippen LogP contribution in [-0.4, -0.2) is 150 Å². The van der Waals surface area contributed by atoms with Crippen LogP contribution < -0.4 is 16.4 Å². The smallest absolute Gasteiger partial charge is 0.360 e. The fraction of sp³-hybridized carbons (Fsp3) is 0.639. The van der Waals surface area contributed by atoms with E-state index in [0.717, 1.165) is 75.0 Å². The number of carboxylic acids is 2. The molecule has 2 amide bonds. The summed E-state index contributed by atoms with van der Waals surface area (Å²) >= 11 is 0. The van der Waals surface area contributed by atoms with Gasteiger partial charge in [0.15, 0.2) is 24.6 Å². The van der Waals surface area contributed by atoms with Gasteiger partial charge in [0.2, 0.25) is 11.4 Å². The van der Waals surface area contributed by atoms with E-state index in [1.54, 1.807) is 35.4 Å². The molecule has 4 aliphatic heterocycles. The van der Waals surface area contributed by atoms with Crippen LogP contribution in [0.1, 0.15) is 165 Å². The highest BCUT2D eigenvalue weighted by atomic mass is 16.6. The number of hydrogen-bond acceptors (Lipinski definition) is 14. The number of carboxylic acid groups (broad SMARTS) is 2. The first-order valence-corrected chi connectivity index (χ1v) is 30.1. The van der Waals surface area contributed by atoms with Crippen LogP contribution in [0.2, 0.25) is 0 Å². The van der Waals surface area contributed by atoms with Gasteiger partial charge in [0.25, 0.3) is 22.9 Å². The number of nitrogens with one attached hydrogen (secondary N) is 1. The minimum absolute atomic E-state index is 0.0596. The molecular formula is C61H80N10O10. The highest BCUT2D eigenvalue weighted by Gasteiger charge is 2.48. The van der Waals surface area contributed by atoms with Gasteiger partial charge >= 0.3 is 11.9 Å². The fourth-order valence-corrected chi connectivity index (χ4v) is 16.5. The number of likely N-dealkylation sites (N-methyl/N-ethyl adjacent to an activating group) is 2. The lowest BCUT2D eigenvalue weighted by molar-refractivity contribution is -0.134. The van der Waals surface area contributed by atoms with E-state index in [1.165, 1.54) is 102 Å². The van der Waals surface area contributed by atoms with E-state index in [-0.39, 0.29) is 29.4 Å². The quantitative estimate of drug-likeness (QED) is 0.0830. The van der Waals surface area contributed by atoms with Crippen molar-refractivity contribution in [1.82, 2.24) is 39.1 Å². The second kappa shape index (κ2) is 24.5. The van der Waals surface area contributed by atoms with Gasteiger partial charge in [0.1, 0.15) is 0 Å². The van der Waals surface area contributed by atoms with E-state index in [0.29, 0.717) is 58.3 Å². The van der Waals surface area contributed by atoms with Crippen molar-refractivity contribution in [3.8, 4) is 0 Å². The number of aliphatic carboxylic acids is 2. The van der Waals surface area contributed by atoms with E-state index in [9.17, 15) is 39.0 Å². The molecule has 2 aromatic heterocycles. The standard InChI is InChI=1S/C31H41N5O5.C30H39N5O5/c1-34(2)27(37)18-41-33-29(31(39)40)28-30(38)36(26-12-4-3-11-25(26)32-28)24-16-21-9-6-10-22(17-24)35(21)23-14-19-7-5-8-20(13-19)15-23;1-31-26(36)17-40-33-28(30(38)39)27-29(37)35(25-11-3-2-10-24(25)32-27)23-15-20-8-5-9-21(16-23)34(20)22-13-18-6-4-7-19(12-18)14-22/h3-4,11-12,19-24H,5-10,13-18H2,1-2H3,(H,39,40);2-3,10-11,18-23H,4-9,12-17H2,1H3,(H,31,36)(H,38,39)/t19?,20?,21-,22+,23?,24?;18?,19?,20-,21+,22?,23?. The Kier molecular flexibility index (Phi) is 17.0. The van der Waals surface area contributed by atoms with Crippen LogP contribution in [0.3, 0.4) is 0 Å². The Morgan fingerprint density at radius 1 is 0.531 bits per heavy atom. The molecule has 4 aromatic rings. The topological polar surface area (TPSA) is 243 Å². The Morgan fingerprint density at radius 3 is 1.27 bits per heavy atom. The number of amides is 2. The zero-order valence-electron chi connectivity index (χ0n) is 47.2. The number of benzene rings is 2. The molecule has 20 nitrogen and oxygen atoms in total. The minimum atomic E-state index is -1.43. The molecule has 4 aliphatic carbocycles. The predicted molar refractivity (Wildman–Crippen MR) is 305 cm³/mol. The molecule has 8 aliphatic rings. The monoisotopic (exact) mass is 1110 g/mol. The number of carbonyl (C=O) groups is 4. The number of piperidine rings is 4. The van der Waals surface area contributed by atoms with Gasteiger partial charge in [-0.05, 0) is 138 Å². The van der Waals surface area contributed by atoms with Crippen molar-refractivity contribution in [3.05, 3.63) is 80.6 Å². The van der Waals surface area contributed by atoms with Crippen molar-refractivity contribution in [3.63, 3.8) is 0 Å². The molecule has 4 saturated heterocycles. The number of fused-ring (bicyclic) bond motifs is 10. The van der Waals surface area contributed by atoms with E-state index in [1.807, 2.05) is 36.4 Å². The van der Waals surface area contributed by atoms with Gasteiger partial charge in [0.05, 0.1) is 22.1 Å². The highest BCUT2D eigenvalue weighted by molar-refractivity contribution is 6.42. The molecule has 6 unspecified atom stereocenters. The van der Waals surface area contributed by atoms with Gasteiger partial charge in [-0.3, -0.25) is 29.0 Å². The predicted octanol–water partition coefficient (Wildman–Crippen LogP) is 7.29. The number of carbonyl (C=O) groups excluding carboxylic acids is 2. The van der Waals surface area contributed by atoms with Crippen molar-refractivity contribution < 1.29 is 39.1 Å². The molecular weight excluding hydrogens is 1030 g/mol. The maximum Gasteiger partial charge on any atom is 0.360 e. The summed E-state index contributed by atoms with van der Waals surface area (Å²) in [5.41, 5.74) is -0.194. The summed E-state index contributed by atoms with van der Waals surface area (Å²) in [5, 5.41) is 29.7. The third kappa shape index (κ3) is 11.9. The largest absolute Gasteiger partial charge is 0.476 e. The average Bonchev–Trinajstić information content (AvgIpc) is 3.51. The van der Waals surface area contributed by atoms with Gasteiger partial charge in [-0.15, -0.1) is 0 Å². The van der Waals surface area contributed by atoms with Gasteiger partial charge in [-0.2, -0.15) is 0 Å². The lowest BCUT2D eigenvalue weighted by Gasteiger charge is -2.55. The molecule has 8 bridgehead atoms. The Balaban J connectivity index is 0.000000170. The van der Waals surface area contributed by atoms with Crippen LogP contribution >= 0.6 is 0 Å². The number of rotatable bonds is 14. The van der Waals surface area contributed by atoms with E-state index >= 15 is 0 Å². The highest BCUT2D eigenvalue weighted by Crippen LogP contribution is 2.49. The zero-order valence-corrected chi connectivity index (χ0v) is 47.2. The summed E-state index contributed by atoms with van der Waals surface area (Å²) in [6.45, 7) is -0.893. The average molecular weight is 1110 g/mol. The molecule has 0 radical (unpaired) electrons. The molecule has 2 aromatic carbocycles. The lowest BCUT2D eigenvalue weighted by atomic mass is 9.68. The van der Waals surface area contributed by atoms with Gasteiger partial charge in [-0.25, -0.2) is 19.6 Å². The molecule has 81 heavy (non-hydrogen) atoms. The van der Waals surface area contributed by atoms with Crippen LogP contribution in [0, 0.1) is 23.7 Å². The van der Waals surface area contributed by atoms with Crippen molar-refractivity contribution in [2.45, 2.75) is 190 Å². The lowest BCUT2D eigenvalue weighted by Crippen LogP contribution is -2.58. The molecule has 3 N–H and O–H groups in total. The number of nitrogens with zero attached hydrogens (tertiary/aromatic N) is 9. The zero-order chi connectivity index (χ0) is 56.5. The van der Waals surface area contributed by atoms with Gasteiger partial charge in [0, 0.05) is 69.5 Å². The van der Waals surface area contributed by atoms with Crippen molar-refractivity contribution in [1.29, 1.82) is 0 Å². The van der Waals surface area contributed by atoms with E-state index in [2.05, 4.69) is 35.4 Å². The molecule has 10 atom stereocenters. The molecule has 20 heteroatoms. The van der Waals surface area contributed by atoms with Crippen molar-refractivity contribution in [2.75, 3.05) is 34.4 Å². The van der Waals surface area contributed by atoms with Crippen LogP contribution in [-0.2, 0) is 28.9 Å². The molecule has 434 valence electrons. The van der Waals surface area contributed by atoms with Crippen LogP contribution in [0.25, 0.3) is 22.1 Å². The second-order valence-electron chi connectivity index (χ2n) is 24.9. The van der Waals surface area contributed by atoms with Crippen molar-refractivity contribution in [2.24, 2.45) is 34.0 Å². The summed E-state index contributed by atoms with van der Waals surface area (Å²) in [5.74, 6) is -0.233. The maximum absolute atomic E-state index is 14.1. The Labute approximate surface area is 472 Å². The first-order valence-electron chi connectivity index (χ1n) is 30.1. The number of para-hydroxylation sites is 4. The summed E-state index contributed by atoms with van der Waals surface area (Å²) in [4.78, 5) is 102. The fourth-order valence-electron chi connectivity index (χ4n) is 16.5. The van der Waals surface area contributed by atoms with Crippen LogP contribution in [0.5, 0.6) is 0 Å². The van der Waals surface area contributed by atoms with E-state index in [4.69, 9.17) is 9.68 Å². The Bertz CT molecular complexity index is 3140. The SMILES string of the molecule is CN(C)C(=O)CON=C(C(=O)O)c1nc2ccccc2n(C2C[C@H]3CCC[C@@H](C2)N3C2CC3CCCC(C3)C2)c1=O.CNC(=O)CON=C(C(=O)O)c1nc2ccccc2n(C2C[C@H]3CCC[C@@H](C2)N3C2CC3CCCC(C3)C2)c1=O. The summed E-state index contributed by atoms with van der Waals surface area (Å²) in [6.07, 6.45) is 26.8. The first-order chi connectivity index (χ1) is 39.2. The first kappa shape index (κ1) is 56.3. The second-order valence-corrected chi connectivity index (χ2v) is 24.9. The third-order valence-electron chi connectivity index (χ3n) is 19.7. The third-order valence-corrected chi connectivity index (χ3v) is 19.7. The van der Waals surface area contributed by atoms with Crippen LogP contribution in [0.4, 0.5) is 0 Å². The Morgan fingerprint density at radius 2 is 0.901 bits per heavy atom. The van der Waals surface area contributed by atoms with Gasteiger partial charge < -0.3 is 39.2 Å².